The van der Waals surface area contributed by atoms with Crippen LogP contribution >= 0.6 is 0 Å². The lowest BCUT2D eigenvalue weighted by molar-refractivity contribution is 0.0990. The second-order valence-electron chi connectivity index (χ2n) is 4.29. The van der Waals surface area contributed by atoms with Crippen LogP contribution in [0, 0.1) is 0 Å². The van der Waals surface area contributed by atoms with E-state index in [9.17, 15) is 9.90 Å². The number of carbonyl (C=O) groups excluding carboxylic acids is 1. The molecule has 0 aliphatic rings. The van der Waals surface area contributed by atoms with Gasteiger partial charge in [0.25, 0.3) is 5.91 Å². The summed E-state index contributed by atoms with van der Waals surface area (Å²) in [7, 11) is 1.58. The van der Waals surface area contributed by atoms with E-state index < -0.39 is 0 Å². The van der Waals surface area contributed by atoms with Crippen molar-refractivity contribution in [1.29, 1.82) is 0 Å². The van der Waals surface area contributed by atoms with Gasteiger partial charge in [-0.2, -0.15) is 0 Å². The van der Waals surface area contributed by atoms with Gasteiger partial charge in [0.1, 0.15) is 5.75 Å². The highest BCUT2D eigenvalue weighted by Crippen LogP contribution is 2.20. The molecule has 2 rings (SSSR count). The number of aromatic nitrogens is 1. The van der Waals surface area contributed by atoms with E-state index in [1.54, 1.807) is 31.3 Å². The molecule has 0 atom stereocenters. The number of hydrogen-bond acceptors (Lipinski definition) is 5. The number of aromatic hydroxyl groups is 1. The molecule has 0 aliphatic carbocycles. The Labute approximate surface area is 121 Å². The maximum Gasteiger partial charge on any atom is 0.261 e. The molecule has 0 bridgehead atoms. The minimum Gasteiger partial charge on any atom is -0.505 e. The lowest BCUT2D eigenvalue weighted by Crippen LogP contribution is -2.26. The largest absolute Gasteiger partial charge is 0.505 e. The van der Waals surface area contributed by atoms with Crippen LogP contribution in [0.5, 0.6) is 5.75 Å². The van der Waals surface area contributed by atoms with Crippen molar-refractivity contribution in [3.8, 4) is 5.75 Å². The third-order valence-corrected chi connectivity index (χ3v) is 2.99. The fraction of sp³-hybridized carbons (Fsp3) is 0.0714. The zero-order chi connectivity index (χ0) is 15.4. The minimum atomic E-state index is -0.369. The van der Waals surface area contributed by atoms with Crippen LogP contribution in [0.15, 0.2) is 47.9 Å². The summed E-state index contributed by atoms with van der Waals surface area (Å²) in [6.45, 7) is 0. The Hall–Kier alpha value is -3.09. The van der Waals surface area contributed by atoms with Gasteiger partial charge >= 0.3 is 0 Å². The Bertz CT molecular complexity index is 683. The number of oxime groups is 1. The number of rotatable bonds is 3. The molecule has 0 saturated carbocycles. The molecule has 1 heterocycles. The van der Waals surface area contributed by atoms with Crippen molar-refractivity contribution in [1.82, 2.24) is 4.98 Å². The van der Waals surface area contributed by atoms with Crippen molar-refractivity contribution in [3.63, 3.8) is 0 Å². The van der Waals surface area contributed by atoms with Gasteiger partial charge in [-0.05, 0) is 30.3 Å². The highest BCUT2D eigenvalue weighted by atomic mass is 16.4. The van der Waals surface area contributed by atoms with Crippen molar-refractivity contribution in [2.75, 3.05) is 11.9 Å². The first-order valence-corrected chi connectivity index (χ1v) is 6.03. The molecule has 0 aliphatic heterocycles. The molecule has 1 aromatic heterocycles. The molecule has 0 unspecified atom stereocenters. The highest BCUT2D eigenvalue weighted by Gasteiger charge is 2.17. The zero-order valence-electron chi connectivity index (χ0n) is 11.3. The van der Waals surface area contributed by atoms with Crippen molar-refractivity contribution in [3.05, 3.63) is 53.9 Å². The molecule has 0 spiro atoms. The molecular weight excluding hydrogens is 272 g/mol. The molecule has 1 amide bonds. The van der Waals surface area contributed by atoms with Crippen LogP contribution in [-0.2, 0) is 0 Å². The summed E-state index contributed by atoms with van der Waals surface area (Å²) in [6.07, 6.45) is 2.64. The Morgan fingerprint density at radius 2 is 1.95 bits per heavy atom. The molecule has 2 aromatic rings. The third kappa shape index (κ3) is 2.92. The van der Waals surface area contributed by atoms with E-state index in [1.165, 1.54) is 23.4 Å². The molecule has 0 radical (unpaired) electrons. The third-order valence-electron chi connectivity index (χ3n) is 2.99. The standard InChI is InChI=1S/C14H14N4O3/c1-18(14(20)11-6-7-16-8-12(11)19)10-4-2-9(3-5-10)13(15)17-21/h2-8,19,21H,1H3,(H2,15,17). The van der Waals surface area contributed by atoms with E-state index in [2.05, 4.69) is 10.1 Å². The summed E-state index contributed by atoms with van der Waals surface area (Å²) in [4.78, 5) is 17.4. The predicted molar refractivity (Wildman–Crippen MR) is 77.6 cm³/mol. The van der Waals surface area contributed by atoms with Crippen molar-refractivity contribution in [2.24, 2.45) is 10.9 Å². The zero-order valence-corrected chi connectivity index (χ0v) is 11.3. The average Bonchev–Trinajstić information content (AvgIpc) is 2.53. The maximum absolute atomic E-state index is 12.3. The van der Waals surface area contributed by atoms with Gasteiger partial charge in [0.2, 0.25) is 0 Å². The molecule has 0 saturated heterocycles. The fourth-order valence-electron chi connectivity index (χ4n) is 1.78. The van der Waals surface area contributed by atoms with Gasteiger partial charge < -0.3 is 20.9 Å². The molecule has 7 nitrogen and oxygen atoms in total. The number of amidine groups is 1. The van der Waals surface area contributed by atoms with E-state index in [0.717, 1.165) is 0 Å². The number of carbonyl (C=O) groups is 1. The maximum atomic E-state index is 12.3. The van der Waals surface area contributed by atoms with E-state index in [-0.39, 0.29) is 23.1 Å². The van der Waals surface area contributed by atoms with Crippen LogP contribution in [0.3, 0.4) is 0 Å². The molecule has 21 heavy (non-hydrogen) atoms. The number of hydrogen-bond donors (Lipinski definition) is 3. The van der Waals surface area contributed by atoms with Crippen LogP contribution in [0.1, 0.15) is 15.9 Å². The van der Waals surface area contributed by atoms with Crippen LogP contribution in [0.2, 0.25) is 0 Å². The van der Waals surface area contributed by atoms with Crippen LogP contribution in [0.4, 0.5) is 5.69 Å². The minimum absolute atomic E-state index is 0.0118. The molecular formula is C14H14N4O3. The van der Waals surface area contributed by atoms with Gasteiger partial charge in [-0.15, -0.1) is 0 Å². The van der Waals surface area contributed by atoms with E-state index in [1.807, 2.05) is 0 Å². The second-order valence-corrected chi connectivity index (χ2v) is 4.29. The summed E-state index contributed by atoms with van der Waals surface area (Å²) < 4.78 is 0. The number of amides is 1. The summed E-state index contributed by atoms with van der Waals surface area (Å²) in [6, 6.07) is 8.01. The van der Waals surface area contributed by atoms with Gasteiger partial charge in [0.05, 0.1) is 11.8 Å². The van der Waals surface area contributed by atoms with Crippen LogP contribution in [-0.4, -0.2) is 34.1 Å². The fourth-order valence-corrected chi connectivity index (χ4v) is 1.78. The van der Waals surface area contributed by atoms with Crippen molar-refractivity contribution in [2.45, 2.75) is 0 Å². The Morgan fingerprint density at radius 3 is 2.52 bits per heavy atom. The number of nitrogens with two attached hydrogens (primary N) is 1. The summed E-state index contributed by atoms with van der Waals surface area (Å²) in [5.41, 5.74) is 6.77. The van der Waals surface area contributed by atoms with E-state index >= 15 is 0 Å². The summed E-state index contributed by atoms with van der Waals surface area (Å²) in [5, 5.41) is 21.2. The molecule has 0 fully saturated rings. The first kappa shape index (κ1) is 14.3. The first-order valence-electron chi connectivity index (χ1n) is 6.03. The van der Waals surface area contributed by atoms with Crippen LogP contribution in [0.25, 0.3) is 0 Å². The topological polar surface area (TPSA) is 112 Å². The van der Waals surface area contributed by atoms with E-state index in [4.69, 9.17) is 10.9 Å². The highest BCUT2D eigenvalue weighted by molar-refractivity contribution is 6.07. The number of nitrogens with zero attached hydrogens (tertiary/aromatic N) is 3. The average molecular weight is 286 g/mol. The number of benzene rings is 1. The lowest BCUT2D eigenvalue weighted by Gasteiger charge is -2.18. The summed E-state index contributed by atoms with van der Waals surface area (Å²) >= 11 is 0. The van der Waals surface area contributed by atoms with Crippen molar-refractivity contribution < 1.29 is 15.1 Å². The molecule has 7 heteroatoms. The smallest absolute Gasteiger partial charge is 0.261 e. The summed E-state index contributed by atoms with van der Waals surface area (Å²) in [5.74, 6) is -0.559. The lowest BCUT2D eigenvalue weighted by atomic mass is 10.1. The number of pyridine rings is 1. The van der Waals surface area contributed by atoms with Gasteiger partial charge in [0.15, 0.2) is 5.84 Å². The Kier molecular flexibility index (Phi) is 4.03. The quantitative estimate of drug-likeness (QED) is 0.339. The Morgan fingerprint density at radius 1 is 1.29 bits per heavy atom. The SMILES string of the molecule is CN(C(=O)c1ccncc1O)c1ccc(/C(N)=N/O)cc1. The first-order chi connectivity index (χ1) is 10.0. The number of anilines is 1. The normalized spacial score (nSPS) is 11.2. The van der Waals surface area contributed by atoms with Gasteiger partial charge in [0, 0.05) is 24.5 Å². The molecule has 1 aromatic carbocycles. The monoisotopic (exact) mass is 286 g/mol. The molecule has 108 valence electrons. The second kappa shape index (κ2) is 5.91. The van der Waals surface area contributed by atoms with Gasteiger partial charge in [-0.25, -0.2) is 0 Å². The Balaban J connectivity index is 2.26. The molecule has 4 N–H and O–H groups in total. The van der Waals surface area contributed by atoms with Gasteiger partial charge in [-0.3, -0.25) is 9.78 Å². The van der Waals surface area contributed by atoms with Gasteiger partial charge in [-0.1, -0.05) is 5.16 Å². The van der Waals surface area contributed by atoms with Crippen LogP contribution < -0.4 is 10.6 Å². The van der Waals surface area contributed by atoms with Crippen molar-refractivity contribution >= 4 is 17.4 Å². The predicted octanol–water partition coefficient (Wildman–Crippen LogP) is 1.16. The van der Waals surface area contributed by atoms with E-state index in [0.29, 0.717) is 11.3 Å².